The lowest BCUT2D eigenvalue weighted by Gasteiger charge is -2.18. The summed E-state index contributed by atoms with van der Waals surface area (Å²) in [5.41, 5.74) is 0.376. The van der Waals surface area contributed by atoms with Gasteiger partial charge in [-0.2, -0.15) is 0 Å². The van der Waals surface area contributed by atoms with Crippen molar-refractivity contribution in [2.45, 2.75) is 19.1 Å². The van der Waals surface area contributed by atoms with Crippen LogP contribution in [0.4, 0.5) is 4.79 Å². The molecule has 1 fully saturated rings. The lowest BCUT2D eigenvalue weighted by atomic mass is 10.2. The summed E-state index contributed by atoms with van der Waals surface area (Å²) in [5.74, 6) is -0.302. The van der Waals surface area contributed by atoms with Gasteiger partial charge in [0.05, 0.1) is 17.2 Å². The molecule has 1 saturated heterocycles. The topological polar surface area (TPSA) is 90.9 Å². The molecule has 3 amide bonds. The highest BCUT2D eigenvalue weighted by atomic mass is 35.5. The van der Waals surface area contributed by atoms with Gasteiger partial charge in [0.25, 0.3) is 5.91 Å². The molecule has 0 unspecified atom stereocenters. The van der Waals surface area contributed by atoms with E-state index in [-0.39, 0.29) is 34.9 Å². The predicted molar refractivity (Wildman–Crippen MR) is 85.8 cm³/mol. The van der Waals surface area contributed by atoms with Gasteiger partial charge in [0.15, 0.2) is 0 Å². The van der Waals surface area contributed by atoms with Crippen molar-refractivity contribution in [2.75, 3.05) is 26.7 Å². The zero-order valence-corrected chi connectivity index (χ0v) is 13.8. The number of phenolic OH excluding ortho intramolecular Hbond substituents is 1. The number of hydrogen-bond donors (Lipinski definition) is 3. The Balaban J connectivity index is 2.07. The number of ether oxygens (including phenoxy) is 1. The van der Waals surface area contributed by atoms with Gasteiger partial charge in [-0.15, -0.1) is 0 Å². The second-order valence-corrected chi connectivity index (χ2v) is 5.67. The van der Waals surface area contributed by atoms with Gasteiger partial charge in [-0.05, 0) is 25.1 Å². The van der Waals surface area contributed by atoms with Crippen molar-refractivity contribution in [1.82, 2.24) is 15.5 Å². The van der Waals surface area contributed by atoms with Crippen LogP contribution in [0.5, 0.6) is 5.75 Å². The van der Waals surface area contributed by atoms with Crippen molar-refractivity contribution >= 4 is 23.5 Å². The van der Waals surface area contributed by atoms with Crippen LogP contribution < -0.4 is 10.6 Å². The predicted octanol–water partition coefficient (Wildman–Crippen LogP) is 1.20. The van der Waals surface area contributed by atoms with Gasteiger partial charge in [-0.25, -0.2) is 4.79 Å². The first kappa shape index (κ1) is 17.4. The van der Waals surface area contributed by atoms with Crippen molar-refractivity contribution in [2.24, 2.45) is 0 Å². The molecule has 0 saturated carbocycles. The average molecular weight is 342 g/mol. The number of phenols is 1. The Kier molecular flexibility index (Phi) is 5.68. The minimum atomic E-state index is -0.290. The van der Waals surface area contributed by atoms with Crippen molar-refractivity contribution in [3.63, 3.8) is 0 Å². The van der Waals surface area contributed by atoms with Gasteiger partial charge in [-0.3, -0.25) is 4.79 Å². The highest BCUT2D eigenvalue weighted by Gasteiger charge is 2.36. The van der Waals surface area contributed by atoms with Crippen molar-refractivity contribution in [1.29, 1.82) is 0 Å². The number of halogens is 1. The molecule has 0 spiro atoms. The van der Waals surface area contributed by atoms with Crippen LogP contribution in [0.15, 0.2) is 18.2 Å². The number of benzene rings is 1. The molecule has 2 rings (SSSR count). The van der Waals surface area contributed by atoms with Crippen molar-refractivity contribution in [3.8, 4) is 5.75 Å². The van der Waals surface area contributed by atoms with Gasteiger partial charge >= 0.3 is 6.03 Å². The van der Waals surface area contributed by atoms with Gasteiger partial charge in [-0.1, -0.05) is 11.6 Å². The quantitative estimate of drug-likeness (QED) is 0.767. The molecule has 0 aliphatic carbocycles. The zero-order valence-electron chi connectivity index (χ0n) is 13.0. The SMILES string of the molecule is CCNC(=O)N[C@H]1CN(C(=O)c2ccc(O)c(Cl)c2)C[C@@H]1OC. The van der Waals surface area contributed by atoms with E-state index < -0.39 is 0 Å². The minimum Gasteiger partial charge on any atom is -0.506 e. The van der Waals surface area contributed by atoms with E-state index in [1.54, 1.807) is 12.0 Å². The second kappa shape index (κ2) is 7.52. The number of amides is 3. The maximum absolute atomic E-state index is 12.5. The maximum atomic E-state index is 12.5. The van der Waals surface area contributed by atoms with Crippen LogP contribution in [-0.2, 0) is 4.74 Å². The van der Waals surface area contributed by atoms with Crippen LogP contribution in [0, 0.1) is 0 Å². The van der Waals surface area contributed by atoms with E-state index in [0.29, 0.717) is 25.2 Å². The van der Waals surface area contributed by atoms with Gasteiger partial charge < -0.3 is 25.4 Å². The number of methoxy groups -OCH3 is 1. The molecule has 3 N–H and O–H groups in total. The number of hydrogen-bond acceptors (Lipinski definition) is 4. The van der Waals surface area contributed by atoms with Crippen LogP contribution in [0.3, 0.4) is 0 Å². The molecule has 1 aromatic rings. The Morgan fingerprint density at radius 2 is 2.17 bits per heavy atom. The van der Waals surface area contributed by atoms with Gasteiger partial charge in [0.1, 0.15) is 5.75 Å². The second-order valence-electron chi connectivity index (χ2n) is 5.26. The minimum absolute atomic E-state index is 0.0739. The molecule has 0 aromatic heterocycles. The summed E-state index contributed by atoms with van der Waals surface area (Å²) in [6.45, 7) is 3.05. The average Bonchev–Trinajstić information content (AvgIpc) is 2.92. The molecular weight excluding hydrogens is 322 g/mol. The fraction of sp³-hybridized carbons (Fsp3) is 0.467. The fourth-order valence-electron chi connectivity index (χ4n) is 2.52. The smallest absolute Gasteiger partial charge is 0.315 e. The summed E-state index contributed by atoms with van der Waals surface area (Å²) in [5, 5.41) is 15.0. The third kappa shape index (κ3) is 4.05. The normalized spacial score (nSPS) is 20.4. The lowest BCUT2D eigenvalue weighted by Crippen LogP contribution is -2.48. The van der Waals surface area contributed by atoms with E-state index in [0.717, 1.165) is 0 Å². The van der Waals surface area contributed by atoms with Crippen molar-refractivity contribution < 1.29 is 19.4 Å². The van der Waals surface area contributed by atoms with Crippen LogP contribution in [0.25, 0.3) is 0 Å². The summed E-state index contributed by atoms with van der Waals surface area (Å²) in [4.78, 5) is 25.8. The zero-order chi connectivity index (χ0) is 17.0. The molecule has 1 aromatic carbocycles. The summed E-state index contributed by atoms with van der Waals surface area (Å²) in [7, 11) is 1.54. The first-order valence-corrected chi connectivity index (χ1v) is 7.69. The van der Waals surface area contributed by atoms with Crippen LogP contribution in [0.1, 0.15) is 17.3 Å². The molecular formula is C15H20ClN3O4. The first-order chi connectivity index (χ1) is 11.0. The molecule has 7 nitrogen and oxygen atoms in total. The van der Waals surface area contributed by atoms with E-state index in [4.69, 9.17) is 16.3 Å². The van der Waals surface area contributed by atoms with Crippen molar-refractivity contribution in [3.05, 3.63) is 28.8 Å². The highest BCUT2D eigenvalue weighted by molar-refractivity contribution is 6.32. The molecule has 0 radical (unpaired) electrons. The monoisotopic (exact) mass is 341 g/mol. The van der Waals surface area contributed by atoms with Crippen LogP contribution >= 0.6 is 11.6 Å². The largest absolute Gasteiger partial charge is 0.506 e. The Morgan fingerprint density at radius 1 is 1.43 bits per heavy atom. The standard InChI is InChI=1S/C15H20ClN3O4/c1-3-17-15(22)18-11-7-19(8-13(11)23-2)14(21)9-4-5-12(20)10(16)6-9/h4-6,11,13,20H,3,7-8H2,1-2H3,(H2,17,18,22)/t11-,13-/m0/s1. The van der Waals surface area contributed by atoms with Gasteiger partial charge in [0.2, 0.25) is 0 Å². The molecule has 0 bridgehead atoms. The lowest BCUT2D eigenvalue weighted by molar-refractivity contribution is 0.0710. The number of likely N-dealkylation sites (tertiary alicyclic amines) is 1. The van der Waals surface area contributed by atoms with Crippen LogP contribution in [0.2, 0.25) is 5.02 Å². The molecule has 1 aliphatic rings. The summed E-state index contributed by atoms with van der Waals surface area (Å²) >= 11 is 5.84. The molecule has 1 aliphatic heterocycles. The molecule has 2 atom stereocenters. The molecule has 23 heavy (non-hydrogen) atoms. The summed E-state index contributed by atoms with van der Waals surface area (Å²) < 4.78 is 5.36. The van der Waals surface area contributed by atoms with E-state index >= 15 is 0 Å². The third-order valence-corrected chi connectivity index (χ3v) is 4.01. The first-order valence-electron chi connectivity index (χ1n) is 7.31. The fourth-order valence-corrected chi connectivity index (χ4v) is 2.70. The number of aromatic hydroxyl groups is 1. The molecule has 126 valence electrons. The summed E-state index contributed by atoms with van der Waals surface area (Å²) in [6, 6.07) is 3.73. The highest BCUT2D eigenvalue weighted by Crippen LogP contribution is 2.25. The summed E-state index contributed by atoms with van der Waals surface area (Å²) in [6.07, 6.45) is -0.283. The van der Waals surface area contributed by atoms with Gasteiger partial charge in [0, 0.05) is 32.3 Å². The number of rotatable bonds is 4. The Morgan fingerprint density at radius 3 is 2.78 bits per heavy atom. The number of nitrogens with one attached hydrogen (secondary N) is 2. The number of carbonyl (C=O) groups is 2. The number of nitrogens with zero attached hydrogens (tertiary/aromatic N) is 1. The number of urea groups is 1. The maximum Gasteiger partial charge on any atom is 0.315 e. The van der Waals surface area contributed by atoms with E-state index in [2.05, 4.69) is 10.6 Å². The number of carbonyl (C=O) groups excluding carboxylic acids is 2. The van der Waals surface area contributed by atoms with E-state index in [1.807, 2.05) is 6.92 Å². The van der Waals surface area contributed by atoms with Crippen LogP contribution in [-0.4, -0.2) is 60.8 Å². The molecule has 1 heterocycles. The van der Waals surface area contributed by atoms with E-state index in [1.165, 1.54) is 18.2 Å². The Labute approximate surface area is 139 Å². The Hall–Kier alpha value is -1.99. The third-order valence-electron chi connectivity index (χ3n) is 3.70. The molecule has 8 heteroatoms. The Bertz CT molecular complexity index is 596. The van der Waals surface area contributed by atoms with E-state index in [9.17, 15) is 14.7 Å².